The Kier molecular flexibility index (Phi) is 4.52. The minimum atomic E-state index is -0.324. The van der Waals surface area contributed by atoms with E-state index >= 15 is 0 Å². The largest absolute Gasteiger partial charge is 0.488 e. The molecule has 3 N–H and O–H groups in total. The number of nitrogens with one attached hydrogen (secondary N) is 3. The number of hydrogen-bond donors (Lipinski definition) is 3. The standard InChI is InChI=1S/C18H24FN3O3/c19-12-1-2-14(16(9-12)25-13-3-8-24-11-13)15-10-21-17(23)22-18(15)4-6-20-7-5-18/h1-2,9,13,15,20H,3-8,10-11H2,(H2,21,22,23)/t13-,15?/m0/s1. The molecule has 136 valence electrons. The van der Waals surface area contributed by atoms with Crippen LogP contribution in [-0.2, 0) is 4.74 Å². The molecule has 2 atom stereocenters. The van der Waals surface area contributed by atoms with Gasteiger partial charge < -0.3 is 25.4 Å². The molecule has 0 aliphatic carbocycles. The van der Waals surface area contributed by atoms with Crippen LogP contribution in [0.1, 0.15) is 30.7 Å². The number of rotatable bonds is 3. The highest BCUT2D eigenvalue weighted by Crippen LogP contribution is 2.41. The summed E-state index contributed by atoms with van der Waals surface area (Å²) in [5.41, 5.74) is 0.623. The maximum atomic E-state index is 13.9. The van der Waals surface area contributed by atoms with E-state index in [9.17, 15) is 9.18 Å². The number of halogens is 1. The molecule has 7 heteroatoms. The molecule has 1 unspecified atom stereocenters. The van der Waals surface area contributed by atoms with Crippen molar-refractivity contribution in [3.8, 4) is 5.75 Å². The van der Waals surface area contributed by atoms with Crippen LogP contribution in [0.4, 0.5) is 9.18 Å². The number of carbonyl (C=O) groups is 1. The summed E-state index contributed by atoms with van der Waals surface area (Å²) < 4.78 is 25.3. The Hall–Kier alpha value is -1.86. The van der Waals surface area contributed by atoms with Crippen LogP contribution in [-0.4, -0.2) is 50.5 Å². The second kappa shape index (κ2) is 6.80. The van der Waals surface area contributed by atoms with Gasteiger partial charge in [-0.3, -0.25) is 0 Å². The van der Waals surface area contributed by atoms with Crippen LogP contribution in [0.5, 0.6) is 5.75 Å². The van der Waals surface area contributed by atoms with E-state index in [1.807, 2.05) is 0 Å². The van der Waals surface area contributed by atoms with E-state index in [0.29, 0.717) is 25.5 Å². The highest BCUT2D eigenvalue weighted by molar-refractivity contribution is 5.76. The number of carbonyl (C=O) groups excluding carboxylic acids is 1. The van der Waals surface area contributed by atoms with E-state index in [0.717, 1.165) is 37.9 Å². The molecule has 3 heterocycles. The monoisotopic (exact) mass is 349 g/mol. The quantitative estimate of drug-likeness (QED) is 0.774. The fourth-order valence-electron chi connectivity index (χ4n) is 4.19. The Bertz CT molecular complexity index is 642. The predicted molar refractivity (Wildman–Crippen MR) is 90.4 cm³/mol. The number of piperidine rings is 1. The highest BCUT2D eigenvalue weighted by atomic mass is 19.1. The predicted octanol–water partition coefficient (Wildman–Crippen LogP) is 1.51. The van der Waals surface area contributed by atoms with Crippen LogP contribution in [0, 0.1) is 5.82 Å². The molecule has 1 spiro atoms. The highest BCUT2D eigenvalue weighted by Gasteiger charge is 2.45. The van der Waals surface area contributed by atoms with E-state index in [1.54, 1.807) is 6.07 Å². The SMILES string of the molecule is O=C1NCC(c2ccc(F)cc2O[C@H]2CCOC2)C2(CCNCC2)N1. The maximum absolute atomic E-state index is 13.9. The Balaban J connectivity index is 1.67. The van der Waals surface area contributed by atoms with Crippen molar-refractivity contribution in [3.63, 3.8) is 0 Å². The summed E-state index contributed by atoms with van der Waals surface area (Å²) in [6, 6.07) is 4.60. The summed E-state index contributed by atoms with van der Waals surface area (Å²) in [6.45, 7) is 3.43. The second-order valence-electron chi connectivity index (χ2n) is 7.08. The average molecular weight is 349 g/mol. The third-order valence-electron chi connectivity index (χ3n) is 5.52. The zero-order chi connectivity index (χ0) is 17.3. The van der Waals surface area contributed by atoms with Crippen molar-refractivity contribution in [2.75, 3.05) is 32.8 Å². The van der Waals surface area contributed by atoms with Crippen LogP contribution in [0.2, 0.25) is 0 Å². The van der Waals surface area contributed by atoms with Crippen LogP contribution >= 0.6 is 0 Å². The first-order valence-electron chi connectivity index (χ1n) is 8.97. The molecule has 3 aliphatic heterocycles. The van der Waals surface area contributed by atoms with Crippen molar-refractivity contribution in [2.24, 2.45) is 0 Å². The first kappa shape index (κ1) is 16.6. The zero-order valence-electron chi connectivity index (χ0n) is 14.1. The van der Waals surface area contributed by atoms with Crippen molar-refractivity contribution < 1.29 is 18.7 Å². The molecule has 3 aliphatic rings. The molecule has 0 bridgehead atoms. The minimum absolute atomic E-state index is 0.0326. The molecular formula is C18H24FN3O3. The summed E-state index contributed by atoms with van der Waals surface area (Å²) in [5, 5.41) is 9.39. The lowest BCUT2D eigenvalue weighted by Crippen LogP contribution is -2.65. The molecule has 3 fully saturated rings. The molecule has 6 nitrogen and oxygen atoms in total. The van der Waals surface area contributed by atoms with Gasteiger partial charge in [-0.2, -0.15) is 0 Å². The number of hydrogen-bond acceptors (Lipinski definition) is 4. The lowest BCUT2D eigenvalue weighted by atomic mass is 9.72. The van der Waals surface area contributed by atoms with E-state index in [-0.39, 0.29) is 29.4 Å². The summed E-state index contributed by atoms with van der Waals surface area (Å²) in [5.74, 6) is 0.284. The van der Waals surface area contributed by atoms with Gasteiger partial charge in [0, 0.05) is 30.5 Å². The third kappa shape index (κ3) is 3.30. The molecule has 1 aromatic carbocycles. The van der Waals surface area contributed by atoms with E-state index in [2.05, 4.69) is 16.0 Å². The first-order chi connectivity index (χ1) is 12.2. The molecule has 3 saturated heterocycles. The molecule has 25 heavy (non-hydrogen) atoms. The van der Waals surface area contributed by atoms with Gasteiger partial charge in [0.15, 0.2) is 0 Å². The topological polar surface area (TPSA) is 71.6 Å². The van der Waals surface area contributed by atoms with E-state index in [1.165, 1.54) is 12.1 Å². The van der Waals surface area contributed by atoms with Crippen LogP contribution < -0.4 is 20.7 Å². The van der Waals surface area contributed by atoms with Crippen molar-refractivity contribution in [3.05, 3.63) is 29.6 Å². The van der Waals surface area contributed by atoms with Gasteiger partial charge in [-0.25, -0.2) is 9.18 Å². The molecule has 4 rings (SSSR count). The van der Waals surface area contributed by atoms with Crippen molar-refractivity contribution in [2.45, 2.75) is 36.8 Å². The molecule has 2 amide bonds. The van der Waals surface area contributed by atoms with Crippen molar-refractivity contribution >= 4 is 6.03 Å². The van der Waals surface area contributed by atoms with E-state index in [4.69, 9.17) is 9.47 Å². The van der Waals surface area contributed by atoms with Crippen LogP contribution in [0.3, 0.4) is 0 Å². The van der Waals surface area contributed by atoms with E-state index < -0.39 is 0 Å². The fourth-order valence-corrected chi connectivity index (χ4v) is 4.19. The summed E-state index contributed by atoms with van der Waals surface area (Å²) in [6.07, 6.45) is 2.45. The Morgan fingerprint density at radius 3 is 2.88 bits per heavy atom. The normalized spacial score (nSPS) is 28.4. The number of benzene rings is 1. The van der Waals surface area contributed by atoms with Crippen molar-refractivity contribution in [1.29, 1.82) is 0 Å². The average Bonchev–Trinajstić information content (AvgIpc) is 3.10. The summed E-state index contributed by atoms with van der Waals surface area (Å²) in [7, 11) is 0. The summed E-state index contributed by atoms with van der Waals surface area (Å²) >= 11 is 0. The molecule has 0 saturated carbocycles. The van der Waals surface area contributed by atoms with Gasteiger partial charge in [0.1, 0.15) is 17.7 Å². The molecule has 0 radical (unpaired) electrons. The number of amides is 2. The zero-order valence-corrected chi connectivity index (χ0v) is 14.1. The third-order valence-corrected chi connectivity index (χ3v) is 5.52. The lowest BCUT2D eigenvalue weighted by Gasteiger charge is -2.48. The lowest BCUT2D eigenvalue weighted by molar-refractivity contribution is 0.135. The first-order valence-corrected chi connectivity index (χ1v) is 8.97. The smallest absolute Gasteiger partial charge is 0.315 e. The number of urea groups is 1. The molecule has 0 aromatic heterocycles. The molecular weight excluding hydrogens is 325 g/mol. The van der Waals surface area contributed by atoms with Gasteiger partial charge in [0.2, 0.25) is 0 Å². The second-order valence-corrected chi connectivity index (χ2v) is 7.08. The Morgan fingerprint density at radius 1 is 1.28 bits per heavy atom. The van der Waals surface area contributed by atoms with Gasteiger partial charge in [0.05, 0.1) is 18.8 Å². The number of ether oxygens (including phenoxy) is 2. The minimum Gasteiger partial charge on any atom is -0.488 e. The van der Waals surface area contributed by atoms with Gasteiger partial charge in [0.25, 0.3) is 0 Å². The van der Waals surface area contributed by atoms with Gasteiger partial charge in [-0.1, -0.05) is 6.07 Å². The van der Waals surface area contributed by atoms with Gasteiger partial charge in [-0.15, -0.1) is 0 Å². The van der Waals surface area contributed by atoms with Crippen LogP contribution in [0.15, 0.2) is 18.2 Å². The summed E-state index contributed by atoms with van der Waals surface area (Å²) in [4.78, 5) is 12.0. The van der Waals surface area contributed by atoms with Gasteiger partial charge >= 0.3 is 6.03 Å². The van der Waals surface area contributed by atoms with Crippen LogP contribution in [0.25, 0.3) is 0 Å². The fraction of sp³-hybridized carbons (Fsp3) is 0.611. The molecule has 1 aromatic rings. The van der Waals surface area contributed by atoms with Gasteiger partial charge in [-0.05, 0) is 32.0 Å². The van der Waals surface area contributed by atoms with Crippen molar-refractivity contribution in [1.82, 2.24) is 16.0 Å². The Morgan fingerprint density at radius 2 is 2.12 bits per heavy atom. The maximum Gasteiger partial charge on any atom is 0.315 e. The Labute approximate surface area is 146 Å².